The first kappa shape index (κ1) is 12.1. The highest BCUT2D eigenvalue weighted by molar-refractivity contribution is 7.99. The first-order valence-corrected chi connectivity index (χ1v) is 7.05. The molecule has 98 valence electrons. The van der Waals surface area contributed by atoms with Gasteiger partial charge in [-0.25, -0.2) is 9.97 Å². The van der Waals surface area contributed by atoms with Gasteiger partial charge in [-0.15, -0.1) is 0 Å². The number of thioether (sulfide) groups is 1. The van der Waals surface area contributed by atoms with E-state index in [1.54, 1.807) is 11.8 Å². The molecule has 2 heterocycles. The van der Waals surface area contributed by atoms with Gasteiger partial charge < -0.3 is 15.3 Å². The van der Waals surface area contributed by atoms with Crippen LogP contribution in [0.25, 0.3) is 11.0 Å². The highest BCUT2D eigenvalue weighted by Crippen LogP contribution is 2.21. The molecule has 3 aromatic rings. The molecule has 0 bridgehead atoms. The van der Waals surface area contributed by atoms with Gasteiger partial charge in [0.15, 0.2) is 5.16 Å². The van der Waals surface area contributed by atoms with Crippen molar-refractivity contribution in [3.05, 3.63) is 36.4 Å². The van der Waals surface area contributed by atoms with Crippen LogP contribution in [0, 0.1) is 0 Å². The zero-order chi connectivity index (χ0) is 13.2. The molecule has 0 radical (unpaired) electrons. The van der Waals surface area contributed by atoms with Gasteiger partial charge in [-0.2, -0.15) is 0 Å². The van der Waals surface area contributed by atoms with E-state index in [-0.39, 0.29) is 0 Å². The second-order valence-electron chi connectivity index (χ2n) is 4.37. The van der Waals surface area contributed by atoms with E-state index in [9.17, 15) is 0 Å². The lowest BCUT2D eigenvalue weighted by Crippen LogP contribution is -1.98. The fourth-order valence-electron chi connectivity index (χ4n) is 1.95. The predicted octanol–water partition coefficient (Wildman–Crippen LogP) is 2.21. The predicted molar refractivity (Wildman–Crippen MR) is 78.1 cm³/mol. The maximum Gasteiger partial charge on any atom is 0.166 e. The highest BCUT2D eigenvalue weighted by atomic mass is 32.2. The number of rotatable bonds is 4. The molecule has 3 rings (SSSR count). The minimum absolute atomic E-state index is 0.751. The molecule has 0 fully saturated rings. The number of H-pyrrole nitrogens is 1. The lowest BCUT2D eigenvalue weighted by molar-refractivity contribution is 0.811. The smallest absolute Gasteiger partial charge is 0.166 e. The number of nitrogens with one attached hydrogen (secondary N) is 1. The summed E-state index contributed by atoms with van der Waals surface area (Å²) in [5, 5.41) is 0.926. The second kappa shape index (κ2) is 4.97. The van der Waals surface area contributed by atoms with Crippen LogP contribution in [0.5, 0.6) is 0 Å². The third-order valence-corrected chi connectivity index (χ3v) is 3.84. The number of anilines is 1. The molecule has 3 N–H and O–H groups in total. The summed E-state index contributed by atoms with van der Waals surface area (Å²) in [6, 6.07) is 5.71. The zero-order valence-corrected chi connectivity index (χ0v) is 11.4. The quantitative estimate of drug-likeness (QED) is 0.564. The standard InChI is InChI=1S/C13H15N5S/c1-18-6-5-15-12(18)4-7-19-13-16-10-3-2-9(14)8-11(10)17-13/h2-3,5-6,8H,4,7,14H2,1H3,(H,16,17). The maximum absolute atomic E-state index is 5.75. The van der Waals surface area contributed by atoms with Gasteiger partial charge in [-0.3, -0.25) is 0 Å². The first-order valence-electron chi connectivity index (χ1n) is 6.06. The summed E-state index contributed by atoms with van der Waals surface area (Å²) in [5.74, 6) is 2.04. The highest BCUT2D eigenvalue weighted by Gasteiger charge is 2.05. The Morgan fingerprint density at radius 2 is 2.32 bits per heavy atom. The van der Waals surface area contributed by atoms with Gasteiger partial charge in [0.2, 0.25) is 0 Å². The molecule has 0 amide bonds. The minimum Gasteiger partial charge on any atom is -0.399 e. The van der Waals surface area contributed by atoms with Gasteiger partial charge in [-0.1, -0.05) is 11.8 Å². The zero-order valence-electron chi connectivity index (χ0n) is 10.6. The Bertz CT molecular complexity index is 700. The molecular formula is C13H15N5S. The van der Waals surface area contributed by atoms with Gasteiger partial charge in [0.05, 0.1) is 11.0 Å². The van der Waals surface area contributed by atoms with Crippen molar-refractivity contribution in [3.8, 4) is 0 Å². The topological polar surface area (TPSA) is 72.5 Å². The number of hydrogen-bond acceptors (Lipinski definition) is 4. The van der Waals surface area contributed by atoms with Gasteiger partial charge in [0, 0.05) is 37.3 Å². The minimum atomic E-state index is 0.751. The largest absolute Gasteiger partial charge is 0.399 e. The van der Waals surface area contributed by atoms with E-state index in [1.807, 2.05) is 42.2 Å². The Labute approximate surface area is 115 Å². The van der Waals surface area contributed by atoms with Crippen molar-refractivity contribution in [2.75, 3.05) is 11.5 Å². The van der Waals surface area contributed by atoms with Crippen molar-refractivity contribution in [1.82, 2.24) is 19.5 Å². The van der Waals surface area contributed by atoms with E-state index < -0.39 is 0 Å². The fourth-order valence-corrected chi connectivity index (χ4v) is 2.77. The molecule has 0 atom stereocenters. The van der Waals surface area contributed by atoms with Crippen LogP contribution in [-0.4, -0.2) is 25.3 Å². The molecule has 0 aliphatic heterocycles. The van der Waals surface area contributed by atoms with Gasteiger partial charge in [0.25, 0.3) is 0 Å². The van der Waals surface area contributed by atoms with Crippen molar-refractivity contribution >= 4 is 28.5 Å². The van der Waals surface area contributed by atoms with Crippen LogP contribution in [0.15, 0.2) is 35.7 Å². The molecule has 19 heavy (non-hydrogen) atoms. The van der Waals surface area contributed by atoms with Crippen LogP contribution in [-0.2, 0) is 13.5 Å². The molecule has 0 saturated carbocycles. The number of aromatic nitrogens is 4. The number of nitrogen functional groups attached to an aromatic ring is 1. The average molecular weight is 273 g/mol. The summed E-state index contributed by atoms with van der Waals surface area (Å²) in [4.78, 5) is 12.1. The van der Waals surface area contributed by atoms with Crippen LogP contribution in [0.3, 0.4) is 0 Å². The Hall–Kier alpha value is -1.95. The van der Waals surface area contributed by atoms with E-state index in [1.165, 1.54) is 0 Å². The van der Waals surface area contributed by atoms with E-state index in [2.05, 4.69) is 15.0 Å². The van der Waals surface area contributed by atoms with Gasteiger partial charge in [0.1, 0.15) is 5.82 Å². The number of nitrogens with zero attached hydrogens (tertiary/aromatic N) is 3. The fraction of sp³-hybridized carbons (Fsp3) is 0.231. The van der Waals surface area contributed by atoms with Crippen LogP contribution in [0.1, 0.15) is 5.82 Å². The Kier molecular flexibility index (Phi) is 3.16. The average Bonchev–Trinajstić information content (AvgIpc) is 2.95. The number of benzene rings is 1. The lowest BCUT2D eigenvalue weighted by atomic mass is 10.3. The maximum atomic E-state index is 5.75. The van der Waals surface area contributed by atoms with E-state index >= 15 is 0 Å². The van der Waals surface area contributed by atoms with E-state index in [4.69, 9.17) is 5.73 Å². The number of hydrogen-bond donors (Lipinski definition) is 2. The van der Waals surface area contributed by atoms with Crippen LogP contribution in [0.4, 0.5) is 5.69 Å². The number of nitrogens with two attached hydrogens (primary N) is 1. The van der Waals surface area contributed by atoms with Crippen molar-refractivity contribution in [2.24, 2.45) is 7.05 Å². The van der Waals surface area contributed by atoms with Crippen LogP contribution >= 0.6 is 11.8 Å². The summed E-state index contributed by atoms with van der Waals surface area (Å²) in [7, 11) is 2.01. The lowest BCUT2D eigenvalue weighted by Gasteiger charge is -1.99. The molecule has 5 nitrogen and oxygen atoms in total. The Balaban J connectivity index is 1.67. The Morgan fingerprint density at radius 1 is 1.42 bits per heavy atom. The van der Waals surface area contributed by atoms with Crippen LogP contribution in [0.2, 0.25) is 0 Å². The molecule has 0 spiro atoms. The first-order chi connectivity index (χ1) is 9.22. The number of aryl methyl sites for hydroxylation is 2. The van der Waals surface area contributed by atoms with Crippen molar-refractivity contribution in [3.63, 3.8) is 0 Å². The summed E-state index contributed by atoms with van der Waals surface area (Å²) in [6.07, 6.45) is 4.71. The van der Waals surface area contributed by atoms with Gasteiger partial charge in [-0.05, 0) is 18.2 Å². The summed E-state index contributed by atoms with van der Waals surface area (Å²) < 4.78 is 2.04. The van der Waals surface area contributed by atoms with E-state index in [0.717, 1.165) is 39.9 Å². The normalized spacial score (nSPS) is 11.2. The Morgan fingerprint density at radius 3 is 3.11 bits per heavy atom. The van der Waals surface area contributed by atoms with Crippen molar-refractivity contribution in [1.29, 1.82) is 0 Å². The number of imidazole rings is 2. The number of fused-ring (bicyclic) bond motifs is 1. The summed E-state index contributed by atoms with van der Waals surface area (Å²) >= 11 is 1.70. The molecule has 1 aromatic carbocycles. The monoisotopic (exact) mass is 273 g/mol. The van der Waals surface area contributed by atoms with E-state index in [0.29, 0.717) is 0 Å². The molecule has 2 aromatic heterocycles. The third-order valence-electron chi connectivity index (χ3n) is 2.97. The third kappa shape index (κ3) is 2.58. The van der Waals surface area contributed by atoms with Crippen molar-refractivity contribution in [2.45, 2.75) is 11.6 Å². The molecular weight excluding hydrogens is 258 g/mol. The summed E-state index contributed by atoms with van der Waals surface area (Å²) in [5.41, 5.74) is 8.44. The van der Waals surface area contributed by atoms with Crippen LogP contribution < -0.4 is 5.73 Å². The molecule has 0 saturated heterocycles. The molecule has 0 aliphatic carbocycles. The summed E-state index contributed by atoms with van der Waals surface area (Å²) in [6.45, 7) is 0. The second-order valence-corrected chi connectivity index (χ2v) is 5.46. The van der Waals surface area contributed by atoms with Crippen molar-refractivity contribution < 1.29 is 0 Å². The molecule has 0 aliphatic rings. The number of aromatic amines is 1. The molecule has 0 unspecified atom stereocenters. The SMILES string of the molecule is Cn1ccnc1CCSc1nc2ccc(N)cc2[nH]1. The molecule has 6 heteroatoms. The van der Waals surface area contributed by atoms with Gasteiger partial charge >= 0.3 is 0 Å².